The van der Waals surface area contributed by atoms with E-state index in [1.807, 2.05) is 36.1 Å². The summed E-state index contributed by atoms with van der Waals surface area (Å²) >= 11 is 1.19. The molecule has 1 fully saturated rings. The number of benzene rings is 2. The SMILES string of the molecule is CCc1ccccc1NC(=O)CN1CCN(C(=O)CSc2ccc(F)c(F)c2)CC1. The van der Waals surface area contributed by atoms with Crippen molar-refractivity contribution in [2.24, 2.45) is 0 Å². The molecule has 2 aromatic rings. The quantitative estimate of drug-likeness (QED) is 0.680. The third-order valence-electron chi connectivity index (χ3n) is 5.02. The number of aryl methyl sites for hydroxylation is 1. The number of para-hydroxylation sites is 1. The van der Waals surface area contributed by atoms with Crippen LogP contribution in [0, 0.1) is 11.6 Å². The molecule has 160 valence electrons. The highest BCUT2D eigenvalue weighted by atomic mass is 32.2. The maximum Gasteiger partial charge on any atom is 0.238 e. The fourth-order valence-corrected chi connectivity index (χ4v) is 4.13. The molecular formula is C22H25F2N3O2S. The summed E-state index contributed by atoms with van der Waals surface area (Å²) in [5.74, 6) is -1.76. The number of nitrogens with zero attached hydrogens (tertiary/aromatic N) is 2. The molecule has 1 aliphatic heterocycles. The van der Waals surface area contributed by atoms with Crippen molar-refractivity contribution in [3.8, 4) is 0 Å². The number of anilines is 1. The topological polar surface area (TPSA) is 52.7 Å². The van der Waals surface area contributed by atoms with Gasteiger partial charge in [0.1, 0.15) is 0 Å². The zero-order chi connectivity index (χ0) is 21.5. The molecule has 30 heavy (non-hydrogen) atoms. The molecule has 5 nitrogen and oxygen atoms in total. The molecule has 1 N–H and O–H groups in total. The van der Waals surface area contributed by atoms with Crippen LogP contribution in [-0.4, -0.2) is 60.1 Å². The number of hydrogen-bond acceptors (Lipinski definition) is 4. The molecule has 1 heterocycles. The Morgan fingerprint density at radius 3 is 2.47 bits per heavy atom. The van der Waals surface area contributed by atoms with Gasteiger partial charge in [0.2, 0.25) is 11.8 Å². The van der Waals surface area contributed by atoms with Crippen LogP contribution in [0.3, 0.4) is 0 Å². The highest BCUT2D eigenvalue weighted by molar-refractivity contribution is 8.00. The fourth-order valence-electron chi connectivity index (χ4n) is 3.30. The van der Waals surface area contributed by atoms with Crippen LogP contribution >= 0.6 is 11.8 Å². The van der Waals surface area contributed by atoms with Gasteiger partial charge < -0.3 is 10.2 Å². The number of halogens is 2. The van der Waals surface area contributed by atoms with E-state index < -0.39 is 11.6 Å². The number of thioether (sulfide) groups is 1. The van der Waals surface area contributed by atoms with Crippen LogP contribution in [0.2, 0.25) is 0 Å². The Balaban J connectivity index is 1.42. The first-order valence-corrected chi connectivity index (χ1v) is 10.9. The van der Waals surface area contributed by atoms with E-state index in [-0.39, 0.29) is 24.1 Å². The Morgan fingerprint density at radius 1 is 1.03 bits per heavy atom. The summed E-state index contributed by atoms with van der Waals surface area (Å²) in [7, 11) is 0. The van der Waals surface area contributed by atoms with E-state index in [1.54, 1.807) is 4.90 Å². The summed E-state index contributed by atoms with van der Waals surface area (Å²) in [6.07, 6.45) is 0.847. The third-order valence-corrected chi connectivity index (χ3v) is 6.00. The number of carbonyl (C=O) groups is 2. The lowest BCUT2D eigenvalue weighted by atomic mass is 10.1. The molecular weight excluding hydrogens is 408 g/mol. The van der Waals surface area contributed by atoms with Crippen LogP contribution in [-0.2, 0) is 16.0 Å². The molecule has 0 unspecified atom stereocenters. The summed E-state index contributed by atoms with van der Waals surface area (Å²) < 4.78 is 26.2. The van der Waals surface area contributed by atoms with Crippen LogP contribution in [0.25, 0.3) is 0 Å². The van der Waals surface area contributed by atoms with E-state index in [9.17, 15) is 18.4 Å². The van der Waals surface area contributed by atoms with Crippen LogP contribution in [0.4, 0.5) is 14.5 Å². The Kier molecular flexibility index (Phi) is 7.81. The maximum absolute atomic E-state index is 13.3. The number of amides is 2. The minimum absolute atomic E-state index is 0.0503. The second kappa shape index (κ2) is 10.5. The van der Waals surface area contributed by atoms with Crippen LogP contribution in [0.5, 0.6) is 0 Å². The van der Waals surface area contributed by atoms with Crippen molar-refractivity contribution in [3.63, 3.8) is 0 Å². The average Bonchev–Trinajstić information content (AvgIpc) is 2.75. The standard InChI is InChI=1S/C22H25F2N3O2S/c1-2-16-5-3-4-6-20(16)25-21(28)14-26-9-11-27(12-10-26)22(29)15-30-17-7-8-18(23)19(24)13-17/h3-8,13H,2,9-12,14-15H2,1H3,(H,25,28). The molecule has 0 aromatic heterocycles. The van der Waals surface area contributed by atoms with Gasteiger partial charge in [0, 0.05) is 36.8 Å². The van der Waals surface area contributed by atoms with Crippen LogP contribution in [0.15, 0.2) is 47.4 Å². The third kappa shape index (κ3) is 6.03. The number of rotatable bonds is 7. The fraction of sp³-hybridized carbons (Fsp3) is 0.364. The zero-order valence-electron chi connectivity index (χ0n) is 16.9. The Bertz CT molecular complexity index is 902. The Labute approximate surface area is 179 Å². The predicted molar refractivity (Wildman–Crippen MR) is 115 cm³/mol. The number of hydrogen-bond donors (Lipinski definition) is 1. The summed E-state index contributed by atoms with van der Waals surface area (Å²) in [5.41, 5.74) is 1.94. The van der Waals surface area contributed by atoms with Crippen molar-refractivity contribution < 1.29 is 18.4 Å². The van der Waals surface area contributed by atoms with Crippen molar-refractivity contribution >= 4 is 29.3 Å². The minimum Gasteiger partial charge on any atom is -0.339 e. The molecule has 0 saturated carbocycles. The molecule has 0 spiro atoms. The largest absolute Gasteiger partial charge is 0.339 e. The van der Waals surface area contributed by atoms with E-state index in [0.717, 1.165) is 29.8 Å². The van der Waals surface area contributed by atoms with Gasteiger partial charge in [-0.15, -0.1) is 11.8 Å². The molecule has 0 bridgehead atoms. The van der Waals surface area contributed by atoms with Gasteiger partial charge in [0.05, 0.1) is 12.3 Å². The lowest BCUT2D eigenvalue weighted by Crippen LogP contribution is -2.50. The van der Waals surface area contributed by atoms with Gasteiger partial charge in [-0.25, -0.2) is 8.78 Å². The van der Waals surface area contributed by atoms with Gasteiger partial charge in [0.15, 0.2) is 11.6 Å². The molecule has 2 aromatic carbocycles. The zero-order valence-corrected chi connectivity index (χ0v) is 17.7. The average molecular weight is 434 g/mol. The lowest BCUT2D eigenvalue weighted by molar-refractivity contribution is -0.130. The summed E-state index contributed by atoms with van der Waals surface area (Å²) in [6.45, 7) is 4.64. The number of carbonyl (C=O) groups excluding carboxylic acids is 2. The highest BCUT2D eigenvalue weighted by Gasteiger charge is 2.22. The highest BCUT2D eigenvalue weighted by Crippen LogP contribution is 2.21. The molecule has 1 aliphatic rings. The molecule has 1 saturated heterocycles. The predicted octanol–water partition coefficient (Wildman–Crippen LogP) is 3.40. The minimum atomic E-state index is -0.916. The van der Waals surface area contributed by atoms with Gasteiger partial charge in [-0.05, 0) is 36.2 Å². The number of nitrogens with one attached hydrogen (secondary N) is 1. The monoisotopic (exact) mass is 433 g/mol. The Hall–Kier alpha value is -2.45. The van der Waals surface area contributed by atoms with E-state index in [1.165, 1.54) is 17.8 Å². The first kappa shape index (κ1) is 22.2. The van der Waals surface area contributed by atoms with E-state index in [0.29, 0.717) is 31.1 Å². The summed E-state index contributed by atoms with van der Waals surface area (Å²) in [4.78, 5) is 29.1. The van der Waals surface area contributed by atoms with Gasteiger partial charge in [-0.3, -0.25) is 14.5 Å². The Morgan fingerprint density at radius 2 is 1.77 bits per heavy atom. The van der Waals surface area contributed by atoms with Crippen LogP contribution in [0.1, 0.15) is 12.5 Å². The lowest BCUT2D eigenvalue weighted by Gasteiger charge is -2.34. The van der Waals surface area contributed by atoms with Gasteiger partial charge in [-0.2, -0.15) is 0 Å². The van der Waals surface area contributed by atoms with Gasteiger partial charge in [0.25, 0.3) is 0 Å². The normalized spacial score (nSPS) is 14.6. The molecule has 0 atom stereocenters. The van der Waals surface area contributed by atoms with Gasteiger partial charge >= 0.3 is 0 Å². The first-order chi connectivity index (χ1) is 14.5. The van der Waals surface area contributed by atoms with Crippen molar-refractivity contribution in [3.05, 3.63) is 59.7 Å². The van der Waals surface area contributed by atoms with E-state index in [4.69, 9.17) is 0 Å². The smallest absolute Gasteiger partial charge is 0.238 e. The molecule has 0 aliphatic carbocycles. The summed E-state index contributed by atoms with van der Waals surface area (Å²) in [5, 5.41) is 2.97. The number of piperazine rings is 1. The van der Waals surface area contributed by atoms with Gasteiger partial charge in [-0.1, -0.05) is 25.1 Å². The summed E-state index contributed by atoms with van der Waals surface area (Å²) in [6, 6.07) is 11.4. The molecule has 0 radical (unpaired) electrons. The second-order valence-corrected chi connectivity index (χ2v) is 8.13. The molecule has 3 rings (SSSR count). The molecule has 8 heteroatoms. The van der Waals surface area contributed by atoms with E-state index >= 15 is 0 Å². The molecule has 2 amide bonds. The van der Waals surface area contributed by atoms with E-state index in [2.05, 4.69) is 5.32 Å². The van der Waals surface area contributed by atoms with Crippen molar-refractivity contribution in [2.45, 2.75) is 18.2 Å². The maximum atomic E-state index is 13.3. The second-order valence-electron chi connectivity index (χ2n) is 7.08. The first-order valence-electron chi connectivity index (χ1n) is 9.92. The van der Waals surface area contributed by atoms with Crippen LogP contribution < -0.4 is 5.32 Å². The van der Waals surface area contributed by atoms with Crippen molar-refractivity contribution in [1.82, 2.24) is 9.80 Å². The van der Waals surface area contributed by atoms with Crippen molar-refractivity contribution in [1.29, 1.82) is 0 Å². The van der Waals surface area contributed by atoms with Crippen molar-refractivity contribution in [2.75, 3.05) is 43.8 Å².